The molecule has 4 atom stereocenters. The van der Waals surface area contributed by atoms with Crippen molar-refractivity contribution in [3.05, 3.63) is 34.4 Å². The first kappa shape index (κ1) is 18.6. The van der Waals surface area contributed by atoms with Gasteiger partial charge in [-0.15, -0.1) is 0 Å². The minimum absolute atomic E-state index is 0.118. The first-order valence-electron chi connectivity index (χ1n) is 7.33. The number of nitro benzene ring substituents is 1. The maximum atomic E-state index is 11.4. The lowest BCUT2D eigenvalue weighted by atomic mass is 10.0. The Morgan fingerprint density at radius 2 is 1.80 bits per heavy atom. The molecule has 0 bridgehead atoms. The van der Waals surface area contributed by atoms with E-state index < -0.39 is 41.5 Å². The lowest BCUT2D eigenvalue weighted by molar-refractivity contribution is -0.386. The zero-order chi connectivity index (χ0) is 18.6. The number of aliphatic hydroxyl groups excluding tert-OH is 1. The van der Waals surface area contributed by atoms with Gasteiger partial charge in [0.05, 0.1) is 11.5 Å². The molecule has 2 rings (SSSR count). The zero-order valence-corrected chi connectivity index (χ0v) is 13.5. The van der Waals surface area contributed by atoms with Crippen LogP contribution in [0.3, 0.4) is 0 Å². The Morgan fingerprint density at radius 3 is 2.40 bits per heavy atom. The van der Waals surface area contributed by atoms with Crippen LogP contribution in [0.25, 0.3) is 0 Å². The Bertz CT molecular complexity index is 662. The maximum absolute atomic E-state index is 11.4. The highest BCUT2D eigenvalue weighted by Gasteiger charge is 2.46. The van der Waals surface area contributed by atoms with Crippen LogP contribution in [-0.2, 0) is 23.8 Å². The highest BCUT2D eigenvalue weighted by atomic mass is 16.7. The fourth-order valence-electron chi connectivity index (χ4n) is 2.34. The molecule has 0 unspecified atom stereocenters. The van der Waals surface area contributed by atoms with Crippen molar-refractivity contribution in [2.45, 2.75) is 38.4 Å². The van der Waals surface area contributed by atoms with E-state index in [1.807, 2.05) is 0 Å². The molecule has 1 aliphatic rings. The van der Waals surface area contributed by atoms with Gasteiger partial charge in [-0.3, -0.25) is 19.7 Å². The molecule has 1 aromatic rings. The second kappa shape index (κ2) is 7.90. The van der Waals surface area contributed by atoms with Gasteiger partial charge in [0.15, 0.2) is 11.9 Å². The third kappa shape index (κ3) is 4.64. The summed E-state index contributed by atoms with van der Waals surface area (Å²) in [5.74, 6) is -1.55. The van der Waals surface area contributed by atoms with E-state index in [1.165, 1.54) is 24.3 Å². The monoisotopic (exact) mass is 355 g/mol. The molecule has 0 amide bonds. The number of para-hydroxylation sites is 2. The molecule has 1 aliphatic heterocycles. The van der Waals surface area contributed by atoms with Crippen LogP contribution < -0.4 is 4.74 Å². The number of benzene rings is 1. The van der Waals surface area contributed by atoms with E-state index in [0.29, 0.717) is 0 Å². The SMILES string of the molecule is CC(=O)O[C@@H]1[C@@H](OC(C)=O)[C@H](Oc2ccccc2[N+](=O)[O-])OC[C@@H]1O. The van der Waals surface area contributed by atoms with Crippen molar-refractivity contribution in [1.29, 1.82) is 0 Å². The van der Waals surface area contributed by atoms with Crippen LogP contribution in [0.5, 0.6) is 5.75 Å². The number of hydrogen-bond acceptors (Lipinski definition) is 9. The summed E-state index contributed by atoms with van der Waals surface area (Å²) < 4.78 is 20.8. The van der Waals surface area contributed by atoms with Crippen molar-refractivity contribution in [3.8, 4) is 5.75 Å². The van der Waals surface area contributed by atoms with Crippen LogP contribution in [0.15, 0.2) is 24.3 Å². The van der Waals surface area contributed by atoms with Crippen molar-refractivity contribution in [3.63, 3.8) is 0 Å². The summed E-state index contributed by atoms with van der Waals surface area (Å²) in [7, 11) is 0. The molecule has 1 saturated heterocycles. The van der Waals surface area contributed by atoms with E-state index >= 15 is 0 Å². The predicted octanol–water partition coefficient (Wildman–Crippen LogP) is 0.554. The summed E-state index contributed by atoms with van der Waals surface area (Å²) >= 11 is 0. The number of rotatable bonds is 5. The quantitative estimate of drug-likeness (QED) is 0.456. The second-order valence-corrected chi connectivity index (χ2v) is 5.26. The second-order valence-electron chi connectivity index (χ2n) is 5.26. The highest BCUT2D eigenvalue weighted by molar-refractivity contribution is 5.67. The standard InChI is InChI=1S/C15H17NO9/c1-8(17)23-13-11(19)7-22-15(14(13)24-9(2)18)25-12-6-4-3-5-10(12)16(20)21/h3-6,11,13-15,19H,7H2,1-2H3/t11-,13-,14+,15-/m0/s1. The van der Waals surface area contributed by atoms with Crippen molar-refractivity contribution >= 4 is 17.6 Å². The van der Waals surface area contributed by atoms with Crippen LogP contribution in [0, 0.1) is 10.1 Å². The fourth-order valence-corrected chi connectivity index (χ4v) is 2.34. The van der Waals surface area contributed by atoms with Gasteiger partial charge in [0.1, 0.15) is 6.10 Å². The number of ether oxygens (including phenoxy) is 4. The summed E-state index contributed by atoms with van der Waals surface area (Å²) in [5, 5.41) is 21.0. The Hall–Kier alpha value is -2.72. The average Bonchev–Trinajstić information content (AvgIpc) is 2.53. The number of hydrogen-bond donors (Lipinski definition) is 1. The van der Waals surface area contributed by atoms with E-state index in [1.54, 1.807) is 0 Å². The first-order chi connectivity index (χ1) is 11.8. The normalized spacial score (nSPS) is 25.7. The van der Waals surface area contributed by atoms with E-state index in [-0.39, 0.29) is 18.0 Å². The number of aliphatic hydroxyl groups is 1. The van der Waals surface area contributed by atoms with Crippen molar-refractivity contribution in [2.75, 3.05) is 6.61 Å². The summed E-state index contributed by atoms with van der Waals surface area (Å²) in [4.78, 5) is 33.0. The van der Waals surface area contributed by atoms with Gasteiger partial charge in [0, 0.05) is 19.9 Å². The summed E-state index contributed by atoms with van der Waals surface area (Å²) in [5.41, 5.74) is -0.317. The van der Waals surface area contributed by atoms with Crippen LogP contribution in [-0.4, -0.2) is 53.2 Å². The molecule has 0 aromatic heterocycles. The van der Waals surface area contributed by atoms with Crippen LogP contribution in [0.4, 0.5) is 5.69 Å². The molecular formula is C15H17NO9. The van der Waals surface area contributed by atoms with Gasteiger partial charge in [-0.2, -0.15) is 0 Å². The van der Waals surface area contributed by atoms with Gasteiger partial charge in [-0.25, -0.2) is 0 Å². The summed E-state index contributed by atoms with van der Waals surface area (Å²) in [6, 6.07) is 5.56. The van der Waals surface area contributed by atoms with Crippen LogP contribution in [0.1, 0.15) is 13.8 Å². The number of nitrogens with zero attached hydrogens (tertiary/aromatic N) is 1. The lowest BCUT2D eigenvalue weighted by Crippen LogP contribution is -2.58. The smallest absolute Gasteiger partial charge is 0.311 e. The molecule has 0 aliphatic carbocycles. The fraction of sp³-hybridized carbons (Fsp3) is 0.467. The lowest BCUT2D eigenvalue weighted by Gasteiger charge is -2.38. The van der Waals surface area contributed by atoms with Gasteiger partial charge in [-0.05, 0) is 6.07 Å². The molecule has 25 heavy (non-hydrogen) atoms. The molecule has 1 heterocycles. The topological polar surface area (TPSA) is 134 Å². The molecule has 0 saturated carbocycles. The van der Waals surface area contributed by atoms with Gasteiger partial charge >= 0.3 is 17.6 Å². The Balaban J connectivity index is 2.29. The molecule has 1 aromatic carbocycles. The number of carbonyl (C=O) groups excluding carboxylic acids is 2. The highest BCUT2D eigenvalue weighted by Crippen LogP contribution is 2.30. The summed E-state index contributed by atoms with van der Waals surface area (Å²) in [6.07, 6.45) is -5.09. The summed E-state index contributed by atoms with van der Waals surface area (Å²) in [6.45, 7) is 1.97. The predicted molar refractivity (Wildman–Crippen MR) is 80.6 cm³/mol. The molecule has 1 N–H and O–H groups in total. The van der Waals surface area contributed by atoms with E-state index in [0.717, 1.165) is 13.8 Å². The molecule has 10 heteroatoms. The zero-order valence-electron chi connectivity index (χ0n) is 13.5. The molecule has 10 nitrogen and oxygen atoms in total. The Morgan fingerprint density at radius 1 is 1.20 bits per heavy atom. The van der Waals surface area contributed by atoms with E-state index in [2.05, 4.69) is 0 Å². The van der Waals surface area contributed by atoms with Gasteiger partial charge in [0.2, 0.25) is 12.4 Å². The average molecular weight is 355 g/mol. The van der Waals surface area contributed by atoms with Crippen LogP contribution in [0.2, 0.25) is 0 Å². The largest absolute Gasteiger partial charge is 0.455 e. The number of esters is 2. The number of carbonyl (C=O) groups is 2. The third-order valence-electron chi connectivity index (χ3n) is 3.31. The third-order valence-corrected chi connectivity index (χ3v) is 3.31. The maximum Gasteiger partial charge on any atom is 0.311 e. The minimum Gasteiger partial charge on any atom is -0.455 e. The van der Waals surface area contributed by atoms with Gasteiger partial charge < -0.3 is 24.1 Å². The van der Waals surface area contributed by atoms with Gasteiger partial charge in [-0.1, -0.05) is 12.1 Å². The number of nitro groups is 1. The molecular weight excluding hydrogens is 338 g/mol. The molecule has 0 spiro atoms. The minimum atomic E-state index is -1.31. The molecule has 136 valence electrons. The van der Waals surface area contributed by atoms with Crippen LogP contribution >= 0.6 is 0 Å². The van der Waals surface area contributed by atoms with E-state index in [4.69, 9.17) is 18.9 Å². The van der Waals surface area contributed by atoms with Crippen molar-refractivity contribution in [1.82, 2.24) is 0 Å². The van der Waals surface area contributed by atoms with Crippen molar-refractivity contribution < 1.29 is 38.6 Å². The van der Waals surface area contributed by atoms with Crippen molar-refractivity contribution in [2.24, 2.45) is 0 Å². The first-order valence-corrected chi connectivity index (χ1v) is 7.33. The molecule has 0 radical (unpaired) electrons. The Labute approximate surface area is 142 Å². The molecule has 1 fully saturated rings. The Kier molecular flexibility index (Phi) is 5.88. The van der Waals surface area contributed by atoms with Gasteiger partial charge in [0.25, 0.3) is 0 Å². The van der Waals surface area contributed by atoms with E-state index in [9.17, 15) is 24.8 Å².